The fourth-order valence-electron chi connectivity index (χ4n) is 3.74. The number of Topliss-reactive ketones (excluding diaryl/α,β-unsaturated/α-hetero) is 1. The summed E-state index contributed by atoms with van der Waals surface area (Å²) >= 11 is 0. The van der Waals surface area contributed by atoms with Crippen molar-refractivity contribution >= 4 is 16.9 Å². The third kappa shape index (κ3) is 4.67. The van der Waals surface area contributed by atoms with Crippen LogP contribution in [0, 0.1) is 11.8 Å². The highest BCUT2D eigenvalue weighted by molar-refractivity contribution is 5.75. The number of piperidine rings is 1. The first-order valence-electron chi connectivity index (χ1n) is 10.3. The minimum Gasteiger partial charge on any atom is -0.315 e. The molecule has 0 spiro atoms. The molecule has 3 rings (SSSR count). The predicted octanol–water partition coefficient (Wildman–Crippen LogP) is 1.03. The summed E-state index contributed by atoms with van der Waals surface area (Å²) in [7, 11) is 3.38. The number of nitrogens with zero attached hydrogens (tertiary/aromatic N) is 5. The highest BCUT2D eigenvalue weighted by atomic mass is 16.2. The van der Waals surface area contributed by atoms with Crippen molar-refractivity contribution in [3.05, 3.63) is 26.7 Å². The molecule has 0 saturated carbocycles. The summed E-state index contributed by atoms with van der Waals surface area (Å²) in [6.45, 7) is 4.65. The van der Waals surface area contributed by atoms with Gasteiger partial charge >= 0.3 is 5.69 Å². The number of unbranched alkanes of at least 4 members (excludes halogenated alkanes) is 1. The molecule has 2 aromatic heterocycles. The molecule has 156 valence electrons. The molecule has 1 aliphatic rings. The number of aromatic nitrogens is 4. The molecule has 8 heteroatoms. The molecule has 0 radical (unpaired) electrons. The maximum Gasteiger partial charge on any atom is 0.332 e. The van der Waals surface area contributed by atoms with Crippen LogP contribution in [-0.2, 0) is 25.4 Å². The second-order valence-electron chi connectivity index (χ2n) is 7.76. The average molecular weight is 399 g/mol. The van der Waals surface area contributed by atoms with E-state index in [9.17, 15) is 14.4 Å². The van der Waals surface area contributed by atoms with Crippen molar-refractivity contribution in [2.45, 2.75) is 52.0 Å². The zero-order chi connectivity index (χ0) is 21.0. The molecule has 0 aliphatic carbocycles. The molecular formula is C21H29N5O3. The first-order chi connectivity index (χ1) is 13.9. The number of carbonyl (C=O) groups excluding carboxylic acids is 1. The van der Waals surface area contributed by atoms with Crippen LogP contribution in [0.4, 0.5) is 0 Å². The van der Waals surface area contributed by atoms with Gasteiger partial charge in [-0.05, 0) is 51.6 Å². The van der Waals surface area contributed by atoms with E-state index in [0.717, 1.165) is 13.1 Å². The van der Waals surface area contributed by atoms with Crippen molar-refractivity contribution in [1.29, 1.82) is 0 Å². The summed E-state index contributed by atoms with van der Waals surface area (Å²) in [6, 6.07) is 0. The Morgan fingerprint density at radius 2 is 1.79 bits per heavy atom. The molecule has 0 N–H and O–H groups in total. The molecule has 8 nitrogen and oxygen atoms in total. The van der Waals surface area contributed by atoms with Crippen LogP contribution in [0.5, 0.6) is 0 Å². The van der Waals surface area contributed by atoms with Gasteiger partial charge in [-0.1, -0.05) is 12.3 Å². The normalized spacial score (nSPS) is 14.7. The third-order valence-corrected chi connectivity index (χ3v) is 5.47. The van der Waals surface area contributed by atoms with E-state index >= 15 is 0 Å². The van der Waals surface area contributed by atoms with Crippen molar-refractivity contribution in [2.24, 2.45) is 14.1 Å². The van der Waals surface area contributed by atoms with Gasteiger partial charge in [0.1, 0.15) is 5.78 Å². The van der Waals surface area contributed by atoms with Gasteiger partial charge in [0.15, 0.2) is 17.0 Å². The number of ketones is 1. The monoisotopic (exact) mass is 399 g/mol. The maximum atomic E-state index is 13.0. The van der Waals surface area contributed by atoms with Crippen LogP contribution in [0.3, 0.4) is 0 Å². The van der Waals surface area contributed by atoms with E-state index in [1.807, 2.05) is 0 Å². The van der Waals surface area contributed by atoms with Gasteiger partial charge in [0, 0.05) is 27.1 Å². The maximum absolute atomic E-state index is 13.0. The van der Waals surface area contributed by atoms with Crippen LogP contribution in [-0.4, -0.2) is 49.0 Å². The number of hydrogen-bond donors (Lipinski definition) is 0. The number of carbonyl (C=O) groups is 1. The standard InChI is InChI=1S/C21H29N5O3/c1-16(27)10-5-8-15-26-20(28)18-19(24(3)21(26)29)22-17(23(18)2)11-9-14-25-12-6-4-7-13-25/h4-8,10,12-15H2,1-3H3. The van der Waals surface area contributed by atoms with Gasteiger partial charge < -0.3 is 9.36 Å². The second kappa shape index (κ2) is 9.23. The zero-order valence-electron chi connectivity index (χ0n) is 17.5. The molecule has 0 bridgehead atoms. The highest BCUT2D eigenvalue weighted by Crippen LogP contribution is 2.10. The van der Waals surface area contributed by atoms with Crippen LogP contribution in [0.15, 0.2) is 9.59 Å². The average Bonchev–Trinajstić information content (AvgIpc) is 3.03. The second-order valence-corrected chi connectivity index (χ2v) is 7.76. The van der Waals surface area contributed by atoms with Gasteiger partial charge in [-0.15, -0.1) is 0 Å². The highest BCUT2D eigenvalue weighted by Gasteiger charge is 2.17. The minimum absolute atomic E-state index is 0.111. The Morgan fingerprint density at radius 1 is 1.07 bits per heavy atom. The van der Waals surface area contributed by atoms with E-state index in [4.69, 9.17) is 0 Å². The summed E-state index contributed by atoms with van der Waals surface area (Å²) in [4.78, 5) is 43.5. The van der Waals surface area contributed by atoms with Gasteiger partial charge in [-0.2, -0.15) is 0 Å². The predicted molar refractivity (Wildman–Crippen MR) is 112 cm³/mol. The van der Waals surface area contributed by atoms with Gasteiger partial charge in [0.2, 0.25) is 0 Å². The van der Waals surface area contributed by atoms with Gasteiger partial charge in [-0.25, -0.2) is 9.78 Å². The van der Waals surface area contributed by atoms with Crippen LogP contribution in [0.25, 0.3) is 11.2 Å². The molecule has 29 heavy (non-hydrogen) atoms. The lowest BCUT2D eigenvalue weighted by Gasteiger charge is -2.23. The molecule has 0 atom stereocenters. The van der Waals surface area contributed by atoms with Crippen molar-refractivity contribution in [3.63, 3.8) is 0 Å². The number of likely N-dealkylation sites (tertiary alicyclic amines) is 1. The first-order valence-corrected chi connectivity index (χ1v) is 10.3. The van der Waals surface area contributed by atoms with E-state index in [0.29, 0.717) is 42.8 Å². The Balaban J connectivity index is 1.87. The molecule has 0 aromatic carbocycles. The number of rotatable bonds is 6. The lowest BCUT2D eigenvalue weighted by Crippen LogP contribution is -2.39. The Bertz CT molecular complexity index is 1070. The zero-order valence-corrected chi connectivity index (χ0v) is 17.5. The fraction of sp³-hybridized carbons (Fsp3) is 0.619. The molecular weight excluding hydrogens is 370 g/mol. The minimum atomic E-state index is -0.392. The Labute approximate surface area is 170 Å². The summed E-state index contributed by atoms with van der Waals surface area (Å²) in [6.07, 6.45) is 5.41. The van der Waals surface area contributed by atoms with Crippen molar-refractivity contribution in [1.82, 2.24) is 23.6 Å². The van der Waals surface area contributed by atoms with Crippen molar-refractivity contribution in [3.8, 4) is 11.8 Å². The Morgan fingerprint density at radius 3 is 2.48 bits per heavy atom. The van der Waals surface area contributed by atoms with Crippen molar-refractivity contribution < 1.29 is 4.79 Å². The first kappa shape index (κ1) is 21.1. The summed E-state index contributed by atoms with van der Waals surface area (Å²) < 4.78 is 4.30. The van der Waals surface area contributed by atoms with E-state index in [1.54, 1.807) is 25.6 Å². The van der Waals surface area contributed by atoms with Crippen LogP contribution >= 0.6 is 0 Å². The van der Waals surface area contributed by atoms with Gasteiger partial charge in [0.25, 0.3) is 5.56 Å². The van der Waals surface area contributed by atoms with E-state index < -0.39 is 5.69 Å². The fourth-order valence-corrected chi connectivity index (χ4v) is 3.74. The molecule has 1 aliphatic heterocycles. The molecule has 0 unspecified atom stereocenters. The SMILES string of the molecule is CC(=O)CCCCn1c(=O)c2c(nc(C#CCN3CCCCC3)n2C)n(C)c1=O. The lowest BCUT2D eigenvalue weighted by atomic mass is 10.1. The summed E-state index contributed by atoms with van der Waals surface area (Å²) in [5.41, 5.74) is -0.0213. The molecule has 0 amide bonds. The van der Waals surface area contributed by atoms with Crippen LogP contribution in [0.1, 0.15) is 51.3 Å². The number of fused-ring (bicyclic) bond motifs is 1. The number of hydrogen-bond acceptors (Lipinski definition) is 5. The number of imidazole rings is 1. The van der Waals surface area contributed by atoms with Crippen LogP contribution < -0.4 is 11.2 Å². The Hall–Kier alpha value is -2.66. The van der Waals surface area contributed by atoms with E-state index in [-0.39, 0.29) is 17.9 Å². The molecule has 2 aromatic rings. The van der Waals surface area contributed by atoms with E-state index in [2.05, 4.69) is 21.7 Å². The smallest absolute Gasteiger partial charge is 0.315 e. The summed E-state index contributed by atoms with van der Waals surface area (Å²) in [5.74, 6) is 6.82. The van der Waals surface area contributed by atoms with Gasteiger partial charge in [0.05, 0.1) is 6.54 Å². The van der Waals surface area contributed by atoms with E-state index in [1.165, 1.54) is 28.4 Å². The lowest BCUT2D eigenvalue weighted by molar-refractivity contribution is -0.117. The Kier molecular flexibility index (Phi) is 6.70. The largest absolute Gasteiger partial charge is 0.332 e. The molecule has 1 saturated heterocycles. The van der Waals surface area contributed by atoms with Crippen molar-refractivity contribution in [2.75, 3.05) is 19.6 Å². The van der Waals surface area contributed by atoms with Crippen LogP contribution in [0.2, 0.25) is 0 Å². The topological polar surface area (TPSA) is 82.1 Å². The molecule has 1 fully saturated rings. The van der Waals surface area contributed by atoms with Gasteiger partial charge in [-0.3, -0.25) is 18.8 Å². The number of aryl methyl sites for hydroxylation is 2. The molecule has 3 heterocycles. The third-order valence-electron chi connectivity index (χ3n) is 5.47. The quantitative estimate of drug-likeness (QED) is 0.535. The summed E-state index contributed by atoms with van der Waals surface area (Å²) in [5, 5.41) is 0.